The van der Waals surface area contributed by atoms with Crippen LogP contribution in [0.3, 0.4) is 0 Å². The number of pyridine rings is 1. The van der Waals surface area contributed by atoms with Crippen LogP contribution < -0.4 is 19.5 Å². The Bertz CT molecular complexity index is 1320. The van der Waals surface area contributed by atoms with Gasteiger partial charge in [0.2, 0.25) is 6.79 Å². The molecule has 0 spiro atoms. The lowest BCUT2D eigenvalue weighted by Gasteiger charge is -2.13. The summed E-state index contributed by atoms with van der Waals surface area (Å²) in [5, 5.41) is 4.15. The number of carbonyl (C=O) groups is 1. The van der Waals surface area contributed by atoms with Crippen LogP contribution in [0.25, 0.3) is 22.2 Å². The van der Waals surface area contributed by atoms with Crippen molar-refractivity contribution in [3.05, 3.63) is 77.3 Å². The highest BCUT2D eigenvalue weighted by atomic mass is 35.5. The van der Waals surface area contributed by atoms with Crippen LogP contribution in [0.1, 0.15) is 10.4 Å². The molecule has 1 amide bonds. The molecule has 0 atom stereocenters. The molecule has 6 nitrogen and oxygen atoms in total. The van der Waals surface area contributed by atoms with Gasteiger partial charge >= 0.3 is 0 Å². The number of nitrogens with zero attached hydrogens (tertiary/aromatic N) is 1. The number of methoxy groups -OCH3 is 1. The van der Waals surface area contributed by atoms with Crippen molar-refractivity contribution in [3.63, 3.8) is 0 Å². The fraction of sp³-hybridized carbons (Fsp3) is 0.0833. The molecule has 0 bridgehead atoms. The van der Waals surface area contributed by atoms with Gasteiger partial charge in [0.15, 0.2) is 11.5 Å². The predicted octanol–water partition coefficient (Wildman–Crippen LogP) is 5.54. The zero-order valence-electron chi connectivity index (χ0n) is 16.5. The number of hydrogen-bond donors (Lipinski definition) is 1. The summed E-state index contributed by atoms with van der Waals surface area (Å²) in [5.74, 6) is 1.57. The molecule has 154 valence electrons. The lowest BCUT2D eigenvalue weighted by molar-refractivity contribution is 0.102. The van der Waals surface area contributed by atoms with Crippen LogP contribution in [-0.4, -0.2) is 24.8 Å². The molecule has 0 fully saturated rings. The molecule has 1 aromatic heterocycles. The average Bonchev–Trinajstić information content (AvgIpc) is 3.26. The monoisotopic (exact) mass is 432 g/mol. The molecule has 3 aromatic carbocycles. The molecule has 2 heterocycles. The smallest absolute Gasteiger partial charge is 0.256 e. The van der Waals surface area contributed by atoms with Crippen molar-refractivity contribution in [2.75, 3.05) is 19.2 Å². The van der Waals surface area contributed by atoms with E-state index in [1.54, 1.807) is 31.4 Å². The van der Waals surface area contributed by atoms with Crippen LogP contribution in [0.2, 0.25) is 5.02 Å². The van der Waals surface area contributed by atoms with E-state index in [9.17, 15) is 4.79 Å². The third kappa shape index (κ3) is 3.62. The first kappa shape index (κ1) is 19.2. The molecule has 1 aliphatic heterocycles. The van der Waals surface area contributed by atoms with E-state index in [-0.39, 0.29) is 12.7 Å². The summed E-state index contributed by atoms with van der Waals surface area (Å²) < 4.78 is 16.2. The summed E-state index contributed by atoms with van der Waals surface area (Å²) in [6.07, 6.45) is 0. The Kier molecular flexibility index (Phi) is 4.84. The van der Waals surface area contributed by atoms with E-state index < -0.39 is 0 Å². The highest BCUT2D eigenvalue weighted by molar-refractivity contribution is 6.31. The fourth-order valence-corrected chi connectivity index (χ4v) is 3.71. The largest absolute Gasteiger partial charge is 0.495 e. The lowest BCUT2D eigenvalue weighted by Crippen LogP contribution is -2.14. The standard InChI is InChI=1S/C24H17ClN2O4/c1-29-21-9-7-15(25)11-20(21)27-24(28)17-12-19(26-18-5-3-2-4-16(17)18)14-6-8-22-23(10-14)31-13-30-22/h2-12H,13H2,1H3,(H,27,28). The normalized spacial score (nSPS) is 12.1. The summed E-state index contributed by atoms with van der Waals surface area (Å²) in [4.78, 5) is 18.0. The van der Waals surface area contributed by atoms with Crippen molar-refractivity contribution in [3.8, 4) is 28.5 Å². The number of halogens is 1. The third-order valence-electron chi connectivity index (χ3n) is 5.04. The molecule has 0 saturated heterocycles. The van der Waals surface area contributed by atoms with Gasteiger partial charge in [0.1, 0.15) is 5.75 Å². The molecule has 0 radical (unpaired) electrons. The van der Waals surface area contributed by atoms with Crippen LogP contribution in [0.4, 0.5) is 5.69 Å². The van der Waals surface area contributed by atoms with E-state index in [0.29, 0.717) is 44.7 Å². The van der Waals surface area contributed by atoms with Crippen LogP contribution in [-0.2, 0) is 0 Å². The average molecular weight is 433 g/mol. The SMILES string of the molecule is COc1ccc(Cl)cc1NC(=O)c1cc(-c2ccc3c(c2)OCO3)nc2ccccc12. The van der Waals surface area contributed by atoms with E-state index in [4.69, 9.17) is 30.8 Å². The number of rotatable bonds is 4. The molecule has 0 aliphatic carbocycles. The maximum absolute atomic E-state index is 13.3. The number of ether oxygens (including phenoxy) is 3. The zero-order chi connectivity index (χ0) is 21.4. The van der Waals surface area contributed by atoms with Crippen molar-refractivity contribution < 1.29 is 19.0 Å². The highest BCUT2D eigenvalue weighted by Gasteiger charge is 2.18. The van der Waals surface area contributed by atoms with Crippen molar-refractivity contribution in [1.29, 1.82) is 0 Å². The second-order valence-corrected chi connectivity index (χ2v) is 7.38. The van der Waals surface area contributed by atoms with Gasteiger partial charge in [-0.1, -0.05) is 29.8 Å². The highest BCUT2D eigenvalue weighted by Crippen LogP contribution is 2.36. The zero-order valence-corrected chi connectivity index (χ0v) is 17.3. The van der Waals surface area contributed by atoms with Gasteiger partial charge in [-0.3, -0.25) is 4.79 Å². The summed E-state index contributed by atoms with van der Waals surface area (Å²) in [6, 6.07) is 19.9. The summed E-state index contributed by atoms with van der Waals surface area (Å²) >= 11 is 6.11. The Morgan fingerprint density at radius 1 is 1.03 bits per heavy atom. The Labute approximate surface area is 183 Å². The Morgan fingerprint density at radius 2 is 1.87 bits per heavy atom. The van der Waals surface area contributed by atoms with Gasteiger partial charge < -0.3 is 19.5 Å². The topological polar surface area (TPSA) is 69.7 Å². The molecule has 0 saturated carbocycles. The second kappa shape index (κ2) is 7.81. The van der Waals surface area contributed by atoms with E-state index in [1.165, 1.54) is 0 Å². The molecule has 5 rings (SSSR count). The second-order valence-electron chi connectivity index (χ2n) is 6.94. The Morgan fingerprint density at radius 3 is 2.74 bits per heavy atom. The Balaban J connectivity index is 1.59. The quantitative estimate of drug-likeness (QED) is 0.458. The molecular weight excluding hydrogens is 416 g/mol. The molecule has 31 heavy (non-hydrogen) atoms. The molecule has 7 heteroatoms. The number of anilines is 1. The number of para-hydroxylation sites is 1. The van der Waals surface area contributed by atoms with Gasteiger partial charge in [0.05, 0.1) is 29.6 Å². The number of fused-ring (bicyclic) bond motifs is 2. The van der Waals surface area contributed by atoms with Crippen molar-refractivity contribution >= 4 is 34.1 Å². The number of benzene rings is 3. The predicted molar refractivity (Wildman–Crippen MR) is 119 cm³/mol. The number of aromatic nitrogens is 1. The number of carbonyl (C=O) groups excluding carboxylic acids is 1. The van der Waals surface area contributed by atoms with E-state index in [1.807, 2.05) is 42.5 Å². The van der Waals surface area contributed by atoms with E-state index >= 15 is 0 Å². The number of nitrogens with one attached hydrogen (secondary N) is 1. The van der Waals surface area contributed by atoms with Gasteiger partial charge in [-0.2, -0.15) is 0 Å². The molecule has 1 aliphatic rings. The van der Waals surface area contributed by atoms with E-state index in [2.05, 4.69) is 5.32 Å². The first-order chi connectivity index (χ1) is 15.1. The van der Waals surface area contributed by atoms with Crippen LogP contribution in [0.15, 0.2) is 66.7 Å². The van der Waals surface area contributed by atoms with E-state index in [0.717, 1.165) is 10.9 Å². The van der Waals surface area contributed by atoms with Crippen LogP contribution >= 0.6 is 11.6 Å². The van der Waals surface area contributed by atoms with Crippen molar-refractivity contribution in [2.45, 2.75) is 0 Å². The van der Waals surface area contributed by atoms with Crippen molar-refractivity contribution in [1.82, 2.24) is 4.98 Å². The van der Waals surface area contributed by atoms with Gasteiger partial charge in [-0.15, -0.1) is 0 Å². The molecule has 4 aromatic rings. The van der Waals surface area contributed by atoms with Gasteiger partial charge in [0, 0.05) is 16.0 Å². The minimum Gasteiger partial charge on any atom is -0.495 e. The minimum absolute atomic E-state index is 0.194. The first-order valence-electron chi connectivity index (χ1n) is 9.57. The first-order valence-corrected chi connectivity index (χ1v) is 9.95. The summed E-state index contributed by atoms with van der Waals surface area (Å²) in [7, 11) is 1.54. The summed E-state index contributed by atoms with van der Waals surface area (Å²) in [6.45, 7) is 0.194. The fourth-order valence-electron chi connectivity index (χ4n) is 3.53. The van der Waals surface area contributed by atoms with Gasteiger partial charge in [-0.05, 0) is 48.5 Å². The maximum atomic E-state index is 13.3. The summed E-state index contributed by atoms with van der Waals surface area (Å²) in [5.41, 5.74) is 3.16. The van der Waals surface area contributed by atoms with Crippen LogP contribution in [0, 0.1) is 0 Å². The van der Waals surface area contributed by atoms with Gasteiger partial charge in [0.25, 0.3) is 5.91 Å². The molecule has 1 N–H and O–H groups in total. The van der Waals surface area contributed by atoms with Crippen molar-refractivity contribution in [2.24, 2.45) is 0 Å². The number of hydrogen-bond acceptors (Lipinski definition) is 5. The number of amides is 1. The molecule has 0 unspecified atom stereocenters. The lowest BCUT2D eigenvalue weighted by atomic mass is 10.0. The van der Waals surface area contributed by atoms with Crippen LogP contribution in [0.5, 0.6) is 17.2 Å². The maximum Gasteiger partial charge on any atom is 0.256 e. The van der Waals surface area contributed by atoms with Gasteiger partial charge in [-0.25, -0.2) is 4.98 Å². The third-order valence-corrected chi connectivity index (χ3v) is 5.27. The Hall–Kier alpha value is -3.77. The molecular formula is C24H17ClN2O4. The minimum atomic E-state index is -0.291.